The van der Waals surface area contributed by atoms with E-state index >= 15 is 0 Å². The van der Waals surface area contributed by atoms with Crippen molar-refractivity contribution in [1.29, 1.82) is 0 Å². The van der Waals surface area contributed by atoms with E-state index < -0.39 is 21.6 Å². The van der Waals surface area contributed by atoms with Gasteiger partial charge in [-0.15, -0.1) is 0 Å². The van der Waals surface area contributed by atoms with Crippen LogP contribution in [0.5, 0.6) is 11.5 Å². The summed E-state index contributed by atoms with van der Waals surface area (Å²) in [6.45, 7) is 7.09. The summed E-state index contributed by atoms with van der Waals surface area (Å²) in [6.07, 6.45) is 0.770. The lowest BCUT2D eigenvalue weighted by molar-refractivity contribution is -0.126. The van der Waals surface area contributed by atoms with E-state index in [0.29, 0.717) is 37.6 Å². The third kappa shape index (κ3) is 6.86. The van der Waals surface area contributed by atoms with Crippen molar-refractivity contribution in [3.05, 3.63) is 58.4 Å². The first-order valence-corrected chi connectivity index (χ1v) is 13.8. The summed E-state index contributed by atoms with van der Waals surface area (Å²) in [4.78, 5) is 12.9. The Bertz CT molecular complexity index is 1120. The zero-order chi connectivity index (χ0) is 25.6. The first kappa shape index (κ1) is 27.2. The van der Waals surface area contributed by atoms with Crippen LogP contribution < -0.4 is 14.8 Å². The highest BCUT2D eigenvalue weighted by Crippen LogP contribution is 2.31. The molecule has 1 saturated heterocycles. The Morgan fingerprint density at radius 1 is 1.14 bits per heavy atom. The van der Waals surface area contributed by atoms with Gasteiger partial charge in [0.1, 0.15) is 5.82 Å². The molecule has 10 heteroatoms. The van der Waals surface area contributed by atoms with Gasteiger partial charge in [-0.1, -0.05) is 23.7 Å². The molecule has 2 aromatic rings. The number of nitrogens with zero attached hydrogens (tertiary/aromatic N) is 1. The van der Waals surface area contributed by atoms with Crippen molar-refractivity contribution in [2.75, 3.05) is 26.3 Å². The monoisotopic (exact) mass is 526 g/mol. The van der Waals surface area contributed by atoms with Crippen LogP contribution in [-0.2, 0) is 20.6 Å². The number of benzene rings is 2. The highest BCUT2D eigenvalue weighted by Gasteiger charge is 2.32. The van der Waals surface area contributed by atoms with Crippen molar-refractivity contribution in [3.63, 3.8) is 0 Å². The Balaban J connectivity index is 1.59. The molecule has 7 nitrogen and oxygen atoms in total. The Labute approximate surface area is 211 Å². The van der Waals surface area contributed by atoms with Gasteiger partial charge in [-0.3, -0.25) is 4.79 Å². The molecule has 0 spiro atoms. The van der Waals surface area contributed by atoms with Gasteiger partial charge in [0.15, 0.2) is 11.5 Å². The fourth-order valence-corrected chi connectivity index (χ4v) is 6.01. The van der Waals surface area contributed by atoms with Crippen molar-refractivity contribution in [2.45, 2.75) is 45.4 Å². The number of amides is 1. The van der Waals surface area contributed by atoms with Crippen molar-refractivity contribution in [2.24, 2.45) is 5.92 Å². The molecule has 1 unspecified atom stereocenters. The van der Waals surface area contributed by atoms with Gasteiger partial charge in [0, 0.05) is 29.6 Å². The summed E-state index contributed by atoms with van der Waals surface area (Å²) in [5, 5.41) is 3.11. The number of piperidine rings is 1. The quantitative estimate of drug-likeness (QED) is 0.485. The SMILES string of the molecule is CCOc1ccc(C(C)NC(=O)C2CCN(S(=O)(=O)Cc3c(F)cccc3Cl)CC2)cc1OCC. The Kier molecular flexibility index (Phi) is 9.38. The highest BCUT2D eigenvalue weighted by atomic mass is 35.5. The van der Waals surface area contributed by atoms with Crippen molar-refractivity contribution >= 4 is 27.5 Å². The van der Waals surface area contributed by atoms with E-state index in [0.717, 1.165) is 5.56 Å². The average molecular weight is 527 g/mol. The number of halogens is 2. The zero-order valence-electron chi connectivity index (χ0n) is 20.2. The molecule has 1 N–H and O–H groups in total. The maximum Gasteiger partial charge on any atom is 0.223 e. The molecule has 3 rings (SSSR count). The van der Waals surface area contributed by atoms with Crippen LogP contribution in [-0.4, -0.2) is 44.9 Å². The number of carbonyl (C=O) groups is 1. The number of hydrogen-bond donors (Lipinski definition) is 1. The fraction of sp³-hybridized carbons (Fsp3) is 0.480. The zero-order valence-corrected chi connectivity index (χ0v) is 21.8. The van der Waals surface area contributed by atoms with Crippen LogP contribution in [0.25, 0.3) is 0 Å². The van der Waals surface area contributed by atoms with Crippen molar-refractivity contribution in [1.82, 2.24) is 9.62 Å². The van der Waals surface area contributed by atoms with Gasteiger partial charge >= 0.3 is 0 Å². The fourth-order valence-electron chi connectivity index (χ4n) is 4.09. The van der Waals surface area contributed by atoms with Gasteiger partial charge in [-0.25, -0.2) is 17.1 Å². The number of rotatable bonds is 10. The van der Waals surface area contributed by atoms with Crippen LogP contribution in [0.4, 0.5) is 4.39 Å². The summed E-state index contributed by atoms with van der Waals surface area (Å²) in [5.41, 5.74) is 0.844. The van der Waals surface area contributed by atoms with Crippen LogP contribution in [0.3, 0.4) is 0 Å². The van der Waals surface area contributed by atoms with E-state index in [9.17, 15) is 17.6 Å². The molecule has 0 saturated carbocycles. The summed E-state index contributed by atoms with van der Waals surface area (Å²) in [6, 6.07) is 9.42. The number of hydrogen-bond acceptors (Lipinski definition) is 5. The standard InChI is InChI=1S/C25H32ClFN2O5S/c1-4-33-23-10-9-19(15-24(23)34-5-2)17(3)28-25(30)18-11-13-29(14-12-18)35(31,32)16-20-21(26)7-6-8-22(20)27/h6-10,15,17-18H,4-5,11-14,16H2,1-3H3,(H,28,30). The molecule has 0 bridgehead atoms. The van der Waals surface area contributed by atoms with E-state index in [1.54, 1.807) is 0 Å². The summed E-state index contributed by atoms with van der Waals surface area (Å²) in [5.74, 6) is -0.310. The van der Waals surface area contributed by atoms with Crippen LogP contribution in [0.15, 0.2) is 36.4 Å². The van der Waals surface area contributed by atoms with Crippen LogP contribution in [0, 0.1) is 11.7 Å². The number of nitrogens with one attached hydrogen (secondary N) is 1. The third-order valence-electron chi connectivity index (χ3n) is 6.03. The molecule has 1 aliphatic heterocycles. The highest BCUT2D eigenvalue weighted by molar-refractivity contribution is 7.88. The summed E-state index contributed by atoms with van der Waals surface area (Å²) >= 11 is 6.00. The molecule has 2 aromatic carbocycles. The largest absolute Gasteiger partial charge is 0.490 e. The average Bonchev–Trinajstić information content (AvgIpc) is 2.83. The minimum absolute atomic E-state index is 0.0374. The minimum Gasteiger partial charge on any atom is -0.490 e. The molecule has 0 aliphatic carbocycles. The lowest BCUT2D eigenvalue weighted by Crippen LogP contribution is -2.43. The maximum absolute atomic E-state index is 14.1. The Morgan fingerprint density at radius 3 is 2.43 bits per heavy atom. The number of carbonyl (C=O) groups excluding carboxylic acids is 1. The first-order chi connectivity index (χ1) is 16.7. The van der Waals surface area contributed by atoms with E-state index in [-0.39, 0.29) is 41.5 Å². The second kappa shape index (κ2) is 12.1. The van der Waals surface area contributed by atoms with E-state index in [2.05, 4.69) is 5.32 Å². The summed E-state index contributed by atoms with van der Waals surface area (Å²) < 4.78 is 52.3. The van der Waals surface area contributed by atoms with Crippen molar-refractivity contribution in [3.8, 4) is 11.5 Å². The predicted octanol–water partition coefficient (Wildman–Crippen LogP) is 4.70. The van der Waals surface area contributed by atoms with E-state index in [1.165, 1.54) is 22.5 Å². The van der Waals surface area contributed by atoms with E-state index in [1.807, 2.05) is 39.0 Å². The maximum atomic E-state index is 14.1. The van der Waals surface area contributed by atoms with Crippen LogP contribution >= 0.6 is 11.6 Å². The molecular weight excluding hydrogens is 495 g/mol. The molecule has 1 atom stereocenters. The molecule has 0 aromatic heterocycles. The second-order valence-electron chi connectivity index (χ2n) is 8.43. The molecule has 1 amide bonds. The van der Waals surface area contributed by atoms with Gasteiger partial charge in [-0.05, 0) is 63.4 Å². The van der Waals surface area contributed by atoms with Gasteiger partial charge in [0.05, 0.1) is 25.0 Å². The first-order valence-electron chi connectivity index (χ1n) is 11.8. The Morgan fingerprint density at radius 2 is 1.80 bits per heavy atom. The molecule has 0 radical (unpaired) electrons. The van der Waals surface area contributed by atoms with Gasteiger partial charge < -0.3 is 14.8 Å². The third-order valence-corrected chi connectivity index (χ3v) is 8.19. The topological polar surface area (TPSA) is 84.9 Å². The number of sulfonamides is 1. The van der Waals surface area contributed by atoms with Crippen LogP contribution in [0.1, 0.15) is 50.8 Å². The molecule has 1 fully saturated rings. The Hall–Kier alpha value is -2.36. The van der Waals surface area contributed by atoms with Gasteiger partial charge in [0.25, 0.3) is 0 Å². The molecule has 1 heterocycles. The van der Waals surface area contributed by atoms with Crippen molar-refractivity contribution < 1.29 is 27.1 Å². The molecular formula is C25H32ClFN2O5S. The van der Waals surface area contributed by atoms with Gasteiger partial charge in [-0.2, -0.15) is 0 Å². The normalized spacial score (nSPS) is 16.0. The molecule has 35 heavy (non-hydrogen) atoms. The summed E-state index contributed by atoms with van der Waals surface area (Å²) in [7, 11) is -3.76. The minimum atomic E-state index is -3.76. The predicted molar refractivity (Wildman–Crippen MR) is 134 cm³/mol. The smallest absolute Gasteiger partial charge is 0.223 e. The van der Waals surface area contributed by atoms with E-state index in [4.69, 9.17) is 21.1 Å². The lowest BCUT2D eigenvalue weighted by atomic mass is 9.96. The van der Waals surface area contributed by atoms with Gasteiger partial charge in [0.2, 0.25) is 15.9 Å². The second-order valence-corrected chi connectivity index (χ2v) is 10.8. The van der Waals surface area contributed by atoms with Crippen LogP contribution in [0.2, 0.25) is 5.02 Å². The number of ether oxygens (including phenoxy) is 2. The molecule has 1 aliphatic rings. The lowest BCUT2D eigenvalue weighted by Gasteiger charge is -2.31. The molecule has 192 valence electrons.